The van der Waals surface area contributed by atoms with Crippen LogP contribution in [0.25, 0.3) is 0 Å². The van der Waals surface area contributed by atoms with Crippen molar-refractivity contribution in [1.82, 2.24) is 4.98 Å². The minimum Gasteiger partial charge on any atom is -0.404 e. The SMILES string of the molecule is Cc1[nH]c(=O)ccc1OC(F)(F)F. The molecule has 0 amide bonds. The highest BCUT2D eigenvalue weighted by molar-refractivity contribution is 5.25. The molecule has 1 aromatic rings. The Balaban J connectivity index is 2.97. The van der Waals surface area contributed by atoms with Crippen molar-refractivity contribution in [2.45, 2.75) is 13.3 Å². The second-order valence-electron chi connectivity index (χ2n) is 2.36. The van der Waals surface area contributed by atoms with Crippen molar-refractivity contribution in [3.8, 4) is 5.75 Å². The third kappa shape index (κ3) is 2.81. The van der Waals surface area contributed by atoms with Crippen LogP contribution in [-0.4, -0.2) is 11.3 Å². The summed E-state index contributed by atoms with van der Waals surface area (Å²) in [6, 6.07) is 1.94. The predicted octanol–water partition coefficient (Wildman–Crippen LogP) is 1.58. The van der Waals surface area contributed by atoms with E-state index in [1.165, 1.54) is 6.92 Å². The fourth-order valence-electron chi connectivity index (χ4n) is 0.800. The van der Waals surface area contributed by atoms with Crippen molar-refractivity contribution < 1.29 is 17.9 Å². The molecule has 0 aliphatic rings. The molecule has 0 aromatic carbocycles. The van der Waals surface area contributed by atoms with E-state index < -0.39 is 17.7 Å². The molecule has 0 radical (unpaired) electrons. The van der Waals surface area contributed by atoms with Gasteiger partial charge in [0.25, 0.3) is 0 Å². The number of aryl methyl sites for hydroxylation is 1. The summed E-state index contributed by atoms with van der Waals surface area (Å²) in [7, 11) is 0. The van der Waals surface area contributed by atoms with Gasteiger partial charge in [-0.25, -0.2) is 0 Å². The first kappa shape index (κ1) is 9.63. The lowest BCUT2D eigenvalue weighted by Gasteiger charge is -2.09. The van der Waals surface area contributed by atoms with E-state index in [1.54, 1.807) is 0 Å². The van der Waals surface area contributed by atoms with Crippen molar-refractivity contribution in [3.05, 3.63) is 28.2 Å². The number of aromatic nitrogens is 1. The Bertz CT molecular complexity index is 355. The fourth-order valence-corrected chi connectivity index (χ4v) is 0.800. The van der Waals surface area contributed by atoms with Gasteiger partial charge in [-0.1, -0.05) is 0 Å². The average molecular weight is 193 g/mol. The summed E-state index contributed by atoms with van der Waals surface area (Å²) in [4.78, 5) is 12.8. The molecule has 1 aromatic heterocycles. The molecular formula is C7H6F3NO2. The molecule has 0 spiro atoms. The minimum atomic E-state index is -4.73. The number of H-pyrrole nitrogens is 1. The molecule has 1 rings (SSSR count). The maximum atomic E-state index is 11.7. The number of ether oxygens (including phenoxy) is 1. The van der Waals surface area contributed by atoms with Gasteiger partial charge in [0.05, 0.1) is 5.69 Å². The molecule has 1 heterocycles. The van der Waals surface area contributed by atoms with Gasteiger partial charge in [0.15, 0.2) is 0 Å². The molecule has 13 heavy (non-hydrogen) atoms. The largest absolute Gasteiger partial charge is 0.573 e. The zero-order chi connectivity index (χ0) is 10.1. The smallest absolute Gasteiger partial charge is 0.404 e. The molecule has 0 unspecified atom stereocenters. The second-order valence-corrected chi connectivity index (χ2v) is 2.36. The van der Waals surface area contributed by atoms with Crippen molar-refractivity contribution in [2.75, 3.05) is 0 Å². The van der Waals surface area contributed by atoms with Crippen LogP contribution in [0.4, 0.5) is 13.2 Å². The summed E-state index contributed by atoms with van der Waals surface area (Å²) in [5.41, 5.74) is -0.420. The van der Waals surface area contributed by atoms with Gasteiger partial charge in [-0.05, 0) is 13.0 Å². The Morgan fingerprint density at radius 1 is 1.38 bits per heavy atom. The van der Waals surface area contributed by atoms with Crippen LogP contribution in [0.5, 0.6) is 5.75 Å². The van der Waals surface area contributed by atoms with Crippen molar-refractivity contribution in [1.29, 1.82) is 0 Å². The zero-order valence-corrected chi connectivity index (χ0v) is 6.61. The topological polar surface area (TPSA) is 42.1 Å². The van der Waals surface area contributed by atoms with E-state index in [0.717, 1.165) is 12.1 Å². The molecule has 0 saturated carbocycles. The molecular weight excluding hydrogens is 187 g/mol. The minimum absolute atomic E-state index is 0.0461. The number of halogens is 3. The van der Waals surface area contributed by atoms with E-state index in [4.69, 9.17) is 0 Å². The van der Waals surface area contributed by atoms with Crippen LogP contribution < -0.4 is 10.3 Å². The first-order chi connectivity index (χ1) is 5.88. The third-order valence-electron chi connectivity index (χ3n) is 1.29. The van der Waals surface area contributed by atoms with Crippen molar-refractivity contribution in [3.63, 3.8) is 0 Å². The Morgan fingerprint density at radius 3 is 2.46 bits per heavy atom. The first-order valence-electron chi connectivity index (χ1n) is 3.34. The number of pyridine rings is 1. The van der Waals surface area contributed by atoms with E-state index in [0.29, 0.717) is 0 Å². The van der Waals surface area contributed by atoms with Gasteiger partial charge in [0.2, 0.25) is 5.56 Å². The van der Waals surface area contributed by atoms with Gasteiger partial charge in [-0.2, -0.15) is 0 Å². The summed E-state index contributed by atoms with van der Waals surface area (Å²) < 4.78 is 38.7. The number of nitrogens with one attached hydrogen (secondary N) is 1. The van der Waals surface area contributed by atoms with Crippen LogP contribution >= 0.6 is 0 Å². The monoisotopic (exact) mass is 193 g/mol. The highest BCUT2D eigenvalue weighted by atomic mass is 19.4. The van der Waals surface area contributed by atoms with Crippen LogP contribution in [0.2, 0.25) is 0 Å². The van der Waals surface area contributed by atoms with Gasteiger partial charge in [0.1, 0.15) is 5.75 Å². The van der Waals surface area contributed by atoms with Crippen LogP contribution in [0, 0.1) is 6.92 Å². The van der Waals surface area contributed by atoms with Gasteiger partial charge in [-0.15, -0.1) is 13.2 Å². The number of aromatic amines is 1. The second kappa shape index (κ2) is 3.12. The molecule has 72 valence electrons. The van der Waals surface area contributed by atoms with Crippen LogP contribution in [0.1, 0.15) is 5.69 Å². The average Bonchev–Trinajstić information content (AvgIpc) is 1.93. The summed E-state index contributed by atoms with van der Waals surface area (Å²) in [6.45, 7) is 1.32. The van der Waals surface area contributed by atoms with Gasteiger partial charge in [0, 0.05) is 6.07 Å². The lowest BCUT2D eigenvalue weighted by molar-refractivity contribution is -0.275. The Morgan fingerprint density at radius 2 is 2.00 bits per heavy atom. The zero-order valence-electron chi connectivity index (χ0n) is 6.61. The van der Waals surface area contributed by atoms with Crippen molar-refractivity contribution in [2.24, 2.45) is 0 Å². The van der Waals surface area contributed by atoms with Gasteiger partial charge < -0.3 is 9.72 Å². The normalized spacial score (nSPS) is 11.4. The fraction of sp³-hybridized carbons (Fsp3) is 0.286. The van der Waals surface area contributed by atoms with E-state index in [1.807, 2.05) is 0 Å². The number of alkyl halides is 3. The quantitative estimate of drug-likeness (QED) is 0.735. The molecule has 0 bridgehead atoms. The number of hydrogen-bond acceptors (Lipinski definition) is 2. The maximum absolute atomic E-state index is 11.7. The number of hydrogen-bond donors (Lipinski definition) is 1. The summed E-state index contributed by atoms with van der Waals surface area (Å²) in [6.07, 6.45) is -4.73. The van der Waals surface area contributed by atoms with Crippen LogP contribution in [0.3, 0.4) is 0 Å². The van der Waals surface area contributed by atoms with E-state index in [9.17, 15) is 18.0 Å². The molecule has 0 atom stereocenters. The first-order valence-corrected chi connectivity index (χ1v) is 3.34. The number of rotatable bonds is 1. The van der Waals surface area contributed by atoms with Gasteiger partial charge in [-0.3, -0.25) is 4.79 Å². The molecule has 1 N–H and O–H groups in total. The molecule has 0 saturated heterocycles. The highest BCUT2D eigenvalue weighted by Gasteiger charge is 2.31. The molecule has 3 nitrogen and oxygen atoms in total. The molecule has 0 aliphatic heterocycles. The maximum Gasteiger partial charge on any atom is 0.573 e. The third-order valence-corrected chi connectivity index (χ3v) is 1.29. The summed E-state index contributed by atoms with van der Waals surface area (Å²) in [5.74, 6) is -0.396. The van der Waals surface area contributed by atoms with E-state index in [2.05, 4.69) is 9.72 Å². The highest BCUT2D eigenvalue weighted by Crippen LogP contribution is 2.23. The van der Waals surface area contributed by atoms with Crippen molar-refractivity contribution >= 4 is 0 Å². The summed E-state index contributed by atoms with van der Waals surface area (Å²) in [5, 5.41) is 0. The lowest BCUT2D eigenvalue weighted by atomic mass is 10.3. The molecule has 6 heteroatoms. The Kier molecular flexibility index (Phi) is 2.31. The molecule has 0 aliphatic carbocycles. The standard InChI is InChI=1S/C7H6F3NO2/c1-4-5(13-7(8,9)10)2-3-6(12)11-4/h2-3H,1H3,(H,11,12). The Labute approximate surface area is 71.2 Å². The van der Waals surface area contributed by atoms with Gasteiger partial charge >= 0.3 is 6.36 Å². The molecule has 0 fully saturated rings. The summed E-state index contributed by atoms with van der Waals surface area (Å²) >= 11 is 0. The lowest BCUT2D eigenvalue weighted by Crippen LogP contribution is -2.19. The van der Waals surface area contributed by atoms with Crippen LogP contribution in [-0.2, 0) is 0 Å². The predicted molar refractivity (Wildman–Crippen MR) is 38.5 cm³/mol. The Hall–Kier alpha value is -1.46. The van der Waals surface area contributed by atoms with E-state index in [-0.39, 0.29) is 5.69 Å². The van der Waals surface area contributed by atoms with Crippen LogP contribution in [0.15, 0.2) is 16.9 Å². The van der Waals surface area contributed by atoms with E-state index >= 15 is 0 Å².